The van der Waals surface area contributed by atoms with E-state index in [9.17, 15) is 4.79 Å². The highest BCUT2D eigenvalue weighted by molar-refractivity contribution is 5.68. The Bertz CT molecular complexity index is 155. The van der Waals surface area contributed by atoms with E-state index in [1.165, 1.54) is 12.8 Å². The van der Waals surface area contributed by atoms with Crippen LogP contribution in [0.5, 0.6) is 0 Å². The number of hydrogen-bond donors (Lipinski definition) is 0. The summed E-state index contributed by atoms with van der Waals surface area (Å²) in [6.45, 7) is 6.86. The summed E-state index contributed by atoms with van der Waals surface area (Å²) in [6.07, 6.45) is 5.75. The van der Waals surface area contributed by atoms with Crippen LogP contribution in [0.2, 0.25) is 0 Å². The maximum atomic E-state index is 11.1. The standard InChI is InChI=1S/C12H24O3/c1-4-5-6-7-8-12(13)15-14-10-9-11(2)3/h11H,4-10H2,1-3H3. The Labute approximate surface area is 93.1 Å². The highest BCUT2D eigenvalue weighted by Gasteiger charge is 2.03. The second-order valence-electron chi connectivity index (χ2n) is 4.27. The van der Waals surface area contributed by atoms with Crippen molar-refractivity contribution in [1.29, 1.82) is 0 Å². The number of carbonyl (C=O) groups is 1. The van der Waals surface area contributed by atoms with E-state index in [0.717, 1.165) is 19.3 Å². The molecule has 0 N–H and O–H groups in total. The zero-order valence-corrected chi connectivity index (χ0v) is 10.3. The lowest BCUT2D eigenvalue weighted by atomic mass is 10.1. The van der Waals surface area contributed by atoms with Crippen molar-refractivity contribution in [3.8, 4) is 0 Å². The van der Waals surface area contributed by atoms with Crippen molar-refractivity contribution < 1.29 is 14.6 Å². The van der Waals surface area contributed by atoms with Gasteiger partial charge in [-0.2, -0.15) is 4.89 Å². The Morgan fingerprint density at radius 1 is 1.20 bits per heavy atom. The van der Waals surface area contributed by atoms with Gasteiger partial charge in [-0.15, -0.1) is 0 Å². The molecule has 0 amide bonds. The summed E-state index contributed by atoms with van der Waals surface area (Å²) >= 11 is 0. The molecule has 0 aromatic rings. The zero-order valence-electron chi connectivity index (χ0n) is 10.3. The Morgan fingerprint density at radius 2 is 1.93 bits per heavy atom. The number of rotatable bonds is 9. The van der Waals surface area contributed by atoms with Crippen molar-refractivity contribution in [2.45, 2.75) is 59.3 Å². The highest BCUT2D eigenvalue weighted by Crippen LogP contribution is 2.04. The SMILES string of the molecule is CCCCCCC(=O)OOCCC(C)C. The van der Waals surface area contributed by atoms with Gasteiger partial charge in [0.1, 0.15) is 0 Å². The summed E-state index contributed by atoms with van der Waals surface area (Å²) in [6, 6.07) is 0. The Hall–Kier alpha value is -0.570. The molecule has 0 saturated heterocycles. The van der Waals surface area contributed by atoms with Gasteiger partial charge in [-0.25, -0.2) is 4.79 Å². The first-order valence-electron chi connectivity index (χ1n) is 5.99. The fourth-order valence-electron chi connectivity index (χ4n) is 1.13. The molecule has 0 aromatic heterocycles. The minimum Gasteiger partial charge on any atom is -0.298 e. The van der Waals surface area contributed by atoms with Crippen LogP contribution in [-0.2, 0) is 14.6 Å². The molecule has 3 nitrogen and oxygen atoms in total. The van der Waals surface area contributed by atoms with Crippen LogP contribution in [0.1, 0.15) is 59.3 Å². The van der Waals surface area contributed by atoms with Crippen LogP contribution >= 0.6 is 0 Å². The molecule has 0 aliphatic heterocycles. The van der Waals surface area contributed by atoms with Gasteiger partial charge in [-0.05, 0) is 18.8 Å². The smallest absolute Gasteiger partial charge is 0.298 e. The fraction of sp³-hybridized carbons (Fsp3) is 0.917. The molecule has 3 heteroatoms. The van der Waals surface area contributed by atoms with Crippen LogP contribution in [0, 0.1) is 5.92 Å². The molecule has 0 unspecified atom stereocenters. The topological polar surface area (TPSA) is 35.5 Å². The van der Waals surface area contributed by atoms with E-state index in [-0.39, 0.29) is 5.97 Å². The highest BCUT2D eigenvalue weighted by atomic mass is 17.2. The quantitative estimate of drug-likeness (QED) is 0.336. The fourth-order valence-corrected chi connectivity index (χ4v) is 1.13. The van der Waals surface area contributed by atoms with Gasteiger partial charge < -0.3 is 0 Å². The lowest BCUT2D eigenvalue weighted by Crippen LogP contribution is -2.07. The van der Waals surface area contributed by atoms with Crippen LogP contribution in [0.4, 0.5) is 0 Å². The lowest BCUT2D eigenvalue weighted by molar-refractivity contribution is -0.273. The van der Waals surface area contributed by atoms with Crippen LogP contribution < -0.4 is 0 Å². The predicted octanol–water partition coefficient (Wildman–Crippen LogP) is 3.48. The molecule has 0 atom stereocenters. The minimum atomic E-state index is -0.241. The first kappa shape index (κ1) is 14.4. The largest absolute Gasteiger partial charge is 0.342 e. The molecule has 15 heavy (non-hydrogen) atoms. The van der Waals surface area contributed by atoms with Crippen molar-refractivity contribution in [3.63, 3.8) is 0 Å². The molecule has 0 bridgehead atoms. The normalized spacial score (nSPS) is 10.7. The molecule has 0 aliphatic carbocycles. The van der Waals surface area contributed by atoms with Crippen molar-refractivity contribution >= 4 is 5.97 Å². The predicted molar refractivity (Wildman–Crippen MR) is 60.3 cm³/mol. The summed E-state index contributed by atoms with van der Waals surface area (Å²) in [5, 5.41) is 0. The van der Waals surface area contributed by atoms with Crippen molar-refractivity contribution in [1.82, 2.24) is 0 Å². The van der Waals surface area contributed by atoms with E-state index in [2.05, 4.69) is 25.7 Å². The van der Waals surface area contributed by atoms with Gasteiger partial charge in [0.05, 0.1) is 6.61 Å². The Balaban J connectivity index is 3.19. The molecule has 0 spiro atoms. The van der Waals surface area contributed by atoms with E-state index in [0.29, 0.717) is 18.9 Å². The van der Waals surface area contributed by atoms with Gasteiger partial charge in [0, 0.05) is 6.42 Å². The minimum absolute atomic E-state index is 0.241. The van der Waals surface area contributed by atoms with Gasteiger partial charge >= 0.3 is 5.97 Å². The van der Waals surface area contributed by atoms with E-state index in [4.69, 9.17) is 4.89 Å². The Morgan fingerprint density at radius 3 is 2.53 bits per heavy atom. The average Bonchev–Trinajstić information content (AvgIpc) is 2.19. The van der Waals surface area contributed by atoms with Gasteiger partial charge in [0.25, 0.3) is 0 Å². The first-order chi connectivity index (χ1) is 7.16. The average molecular weight is 216 g/mol. The van der Waals surface area contributed by atoms with E-state index in [1.807, 2.05) is 0 Å². The third-order valence-electron chi connectivity index (χ3n) is 2.16. The summed E-state index contributed by atoms with van der Waals surface area (Å²) in [4.78, 5) is 20.6. The molecule has 0 rings (SSSR count). The van der Waals surface area contributed by atoms with Gasteiger partial charge in [0.2, 0.25) is 0 Å². The van der Waals surface area contributed by atoms with Crippen LogP contribution in [0.15, 0.2) is 0 Å². The molecule has 90 valence electrons. The molecule has 0 saturated carbocycles. The van der Waals surface area contributed by atoms with Crippen molar-refractivity contribution in [2.24, 2.45) is 5.92 Å². The maximum absolute atomic E-state index is 11.1. The second-order valence-corrected chi connectivity index (χ2v) is 4.27. The third-order valence-corrected chi connectivity index (χ3v) is 2.16. The third kappa shape index (κ3) is 11.4. The zero-order chi connectivity index (χ0) is 11.5. The summed E-state index contributed by atoms with van der Waals surface area (Å²) in [5.74, 6) is 0.336. The maximum Gasteiger partial charge on any atom is 0.342 e. The van der Waals surface area contributed by atoms with E-state index in [1.54, 1.807) is 0 Å². The Kier molecular flexibility index (Phi) is 9.59. The number of carbonyl (C=O) groups excluding carboxylic acids is 1. The van der Waals surface area contributed by atoms with E-state index >= 15 is 0 Å². The van der Waals surface area contributed by atoms with Crippen LogP contribution in [0.3, 0.4) is 0 Å². The number of hydrogen-bond acceptors (Lipinski definition) is 3. The summed E-state index contributed by atoms with van der Waals surface area (Å²) in [5.41, 5.74) is 0. The molecule has 0 fully saturated rings. The first-order valence-corrected chi connectivity index (χ1v) is 5.99. The van der Waals surface area contributed by atoms with Crippen LogP contribution in [0.25, 0.3) is 0 Å². The molecular weight excluding hydrogens is 192 g/mol. The molecule has 0 aliphatic rings. The van der Waals surface area contributed by atoms with E-state index < -0.39 is 0 Å². The molecule has 0 aromatic carbocycles. The van der Waals surface area contributed by atoms with Gasteiger partial charge in [-0.3, -0.25) is 4.89 Å². The molecule has 0 radical (unpaired) electrons. The van der Waals surface area contributed by atoms with Gasteiger partial charge in [-0.1, -0.05) is 40.0 Å². The summed E-state index contributed by atoms with van der Waals surface area (Å²) in [7, 11) is 0. The summed E-state index contributed by atoms with van der Waals surface area (Å²) < 4.78 is 0. The lowest BCUT2D eigenvalue weighted by Gasteiger charge is -2.05. The molecular formula is C12H24O3. The monoisotopic (exact) mass is 216 g/mol. The van der Waals surface area contributed by atoms with Crippen LogP contribution in [-0.4, -0.2) is 12.6 Å². The van der Waals surface area contributed by atoms with Gasteiger partial charge in [0.15, 0.2) is 0 Å². The molecule has 0 heterocycles. The second kappa shape index (κ2) is 9.97. The van der Waals surface area contributed by atoms with Crippen molar-refractivity contribution in [2.75, 3.05) is 6.61 Å². The van der Waals surface area contributed by atoms with Crippen molar-refractivity contribution in [3.05, 3.63) is 0 Å². The number of unbranched alkanes of at least 4 members (excludes halogenated alkanes) is 3.